The zero-order valence-corrected chi connectivity index (χ0v) is 12.3. The zero-order chi connectivity index (χ0) is 15.4. The molecule has 0 saturated carbocycles. The number of pyridine rings is 1. The third-order valence-corrected chi connectivity index (χ3v) is 3.31. The number of carboxylic acid groups (broad SMARTS) is 1. The number of halogens is 1. The average molecular weight is 310 g/mol. The van der Waals surface area contributed by atoms with E-state index in [1.165, 1.54) is 16.7 Å². The standard InChI is InChI=1S/C14H16ClN3O3/c1-2-3-11(14(20)21)16-7-10-6-13(19)18-8-9(15)4-5-12(18)17-10/h4-6,8,11,16H,2-3,7H2,1H3,(H,20,21). The maximum Gasteiger partial charge on any atom is 0.320 e. The largest absolute Gasteiger partial charge is 0.480 e. The molecule has 0 saturated heterocycles. The van der Waals surface area contributed by atoms with Crippen LogP contribution in [-0.4, -0.2) is 26.5 Å². The molecule has 112 valence electrons. The number of aromatic nitrogens is 2. The Kier molecular flexibility index (Phi) is 4.93. The van der Waals surface area contributed by atoms with Crippen molar-refractivity contribution in [1.82, 2.24) is 14.7 Å². The minimum absolute atomic E-state index is 0.228. The van der Waals surface area contributed by atoms with E-state index < -0.39 is 12.0 Å². The Morgan fingerprint density at radius 3 is 2.95 bits per heavy atom. The predicted octanol–water partition coefficient (Wildman–Crippen LogP) is 1.69. The second-order valence-corrected chi connectivity index (χ2v) is 5.16. The van der Waals surface area contributed by atoms with Crippen molar-refractivity contribution in [2.75, 3.05) is 0 Å². The smallest absolute Gasteiger partial charge is 0.320 e. The van der Waals surface area contributed by atoms with Crippen LogP contribution in [0.2, 0.25) is 5.02 Å². The van der Waals surface area contributed by atoms with Gasteiger partial charge < -0.3 is 5.11 Å². The van der Waals surface area contributed by atoms with Gasteiger partial charge in [0.2, 0.25) is 0 Å². The summed E-state index contributed by atoms with van der Waals surface area (Å²) in [7, 11) is 0. The summed E-state index contributed by atoms with van der Waals surface area (Å²) in [4.78, 5) is 27.4. The molecular weight excluding hydrogens is 294 g/mol. The molecule has 21 heavy (non-hydrogen) atoms. The molecule has 2 aromatic rings. The molecule has 2 heterocycles. The van der Waals surface area contributed by atoms with Gasteiger partial charge in [-0.1, -0.05) is 24.9 Å². The minimum Gasteiger partial charge on any atom is -0.480 e. The molecular formula is C14H16ClN3O3. The Morgan fingerprint density at radius 2 is 2.29 bits per heavy atom. The van der Waals surface area contributed by atoms with Crippen LogP contribution in [0.25, 0.3) is 5.65 Å². The van der Waals surface area contributed by atoms with Crippen molar-refractivity contribution in [3.8, 4) is 0 Å². The number of carbonyl (C=O) groups is 1. The summed E-state index contributed by atoms with van der Waals surface area (Å²) >= 11 is 5.84. The molecule has 0 fully saturated rings. The Bertz CT molecular complexity index is 714. The van der Waals surface area contributed by atoms with E-state index in [-0.39, 0.29) is 12.1 Å². The van der Waals surface area contributed by atoms with Gasteiger partial charge in [-0.25, -0.2) is 4.98 Å². The molecule has 0 aliphatic rings. The highest BCUT2D eigenvalue weighted by molar-refractivity contribution is 6.30. The SMILES string of the molecule is CCCC(NCc1cc(=O)n2cc(Cl)ccc2n1)C(=O)O. The summed E-state index contributed by atoms with van der Waals surface area (Å²) in [6, 6.07) is 4.03. The average Bonchev–Trinajstić information content (AvgIpc) is 2.44. The van der Waals surface area contributed by atoms with Gasteiger partial charge in [0.1, 0.15) is 11.7 Å². The van der Waals surface area contributed by atoms with Crippen LogP contribution < -0.4 is 10.9 Å². The molecule has 1 unspecified atom stereocenters. The Morgan fingerprint density at radius 1 is 1.52 bits per heavy atom. The molecule has 0 bridgehead atoms. The maximum absolute atomic E-state index is 12.0. The molecule has 1 atom stereocenters. The molecule has 7 heteroatoms. The van der Waals surface area contributed by atoms with Crippen molar-refractivity contribution in [2.45, 2.75) is 32.4 Å². The number of hydrogen-bond donors (Lipinski definition) is 2. The van der Waals surface area contributed by atoms with Gasteiger partial charge >= 0.3 is 5.97 Å². The second-order valence-electron chi connectivity index (χ2n) is 4.72. The molecule has 2 N–H and O–H groups in total. The van der Waals surface area contributed by atoms with Crippen LogP contribution in [0.4, 0.5) is 0 Å². The number of carboxylic acids is 1. The van der Waals surface area contributed by atoms with Crippen molar-refractivity contribution in [3.63, 3.8) is 0 Å². The van der Waals surface area contributed by atoms with Crippen molar-refractivity contribution in [2.24, 2.45) is 0 Å². The summed E-state index contributed by atoms with van der Waals surface area (Å²) in [6.07, 6.45) is 2.79. The van der Waals surface area contributed by atoms with Crippen molar-refractivity contribution < 1.29 is 9.90 Å². The van der Waals surface area contributed by atoms with E-state index in [2.05, 4.69) is 10.3 Å². The number of hydrogen-bond acceptors (Lipinski definition) is 4. The van der Waals surface area contributed by atoms with Gasteiger partial charge in [0.05, 0.1) is 10.7 Å². The van der Waals surface area contributed by atoms with E-state index in [0.717, 1.165) is 6.42 Å². The van der Waals surface area contributed by atoms with Gasteiger partial charge in [0.15, 0.2) is 0 Å². The van der Waals surface area contributed by atoms with Crippen LogP contribution in [0.5, 0.6) is 0 Å². The number of fused-ring (bicyclic) bond motifs is 1. The lowest BCUT2D eigenvalue weighted by Gasteiger charge is -2.13. The van der Waals surface area contributed by atoms with Crippen LogP contribution in [0.1, 0.15) is 25.5 Å². The van der Waals surface area contributed by atoms with Crippen molar-refractivity contribution in [1.29, 1.82) is 0 Å². The van der Waals surface area contributed by atoms with Gasteiger partial charge in [-0.2, -0.15) is 0 Å². The van der Waals surface area contributed by atoms with Gasteiger partial charge in [0.25, 0.3) is 5.56 Å². The first-order valence-electron chi connectivity index (χ1n) is 6.65. The molecule has 0 aliphatic carbocycles. The van der Waals surface area contributed by atoms with Crippen molar-refractivity contribution >= 4 is 23.2 Å². The van der Waals surface area contributed by atoms with Crippen LogP contribution >= 0.6 is 11.6 Å². The quantitative estimate of drug-likeness (QED) is 0.848. The Labute approximate surface area is 126 Å². The minimum atomic E-state index is -0.902. The molecule has 6 nitrogen and oxygen atoms in total. The van der Waals surface area contributed by atoms with Gasteiger partial charge in [-0.3, -0.25) is 19.3 Å². The lowest BCUT2D eigenvalue weighted by Crippen LogP contribution is -2.36. The highest BCUT2D eigenvalue weighted by Gasteiger charge is 2.15. The number of rotatable bonds is 6. The second kappa shape index (κ2) is 6.69. The number of aliphatic carboxylic acids is 1. The summed E-state index contributed by atoms with van der Waals surface area (Å²) in [5.74, 6) is -0.902. The molecule has 0 spiro atoms. The first-order chi connectivity index (χ1) is 10.0. The lowest BCUT2D eigenvalue weighted by molar-refractivity contribution is -0.139. The summed E-state index contributed by atoms with van der Waals surface area (Å²) in [6.45, 7) is 2.15. The summed E-state index contributed by atoms with van der Waals surface area (Å²) < 4.78 is 1.35. The topological polar surface area (TPSA) is 83.7 Å². The molecule has 0 aromatic carbocycles. The molecule has 2 aromatic heterocycles. The van der Waals surface area contributed by atoms with Gasteiger partial charge in [-0.15, -0.1) is 0 Å². The fourth-order valence-electron chi connectivity index (χ4n) is 2.05. The highest BCUT2D eigenvalue weighted by Crippen LogP contribution is 2.08. The van der Waals surface area contributed by atoms with Crippen LogP contribution in [0.3, 0.4) is 0 Å². The van der Waals surface area contributed by atoms with Crippen molar-refractivity contribution in [3.05, 3.63) is 45.5 Å². The zero-order valence-electron chi connectivity index (χ0n) is 11.5. The number of nitrogens with zero attached hydrogens (tertiary/aromatic N) is 2. The van der Waals surface area contributed by atoms with E-state index >= 15 is 0 Å². The van der Waals surface area contributed by atoms with Crippen LogP contribution in [-0.2, 0) is 11.3 Å². The maximum atomic E-state index is 12.0. The normalized spacial score (nSPS) is 12.5. The molecule has 0 aliphatic heterocycles. The molecule has 0 amide bonds. The molecule has 0 radical (unpaired) electrons. The highest BCUT2D eigenvalue weighted by atomic mass is 35.5. The first kappa shape index (κ1) is 15.5. The first-order valence-corrected chi connectivity index (χ1v) is 7.03. The fourth-order valence-corrected chi connectivity index (χ4v) is 2.21. The van der Waals surface area contributed by atoms with Gasteiger partial charge in [-0.05, 0) is 18.6 Å². The van der Waals surface area contributed by atoms with E-state index in [1.807, 2.05) is 6.92 Å². The lowest BCUT2D eigenvalue weighted by atomic mass is 10.1. The van der Waals surface area contributed by atoms with Crippen LogP contribution in [0.15, 0.2) is 29.2 Å². The fraction of sp³-hybridized carbons (Fsp3) is 0.357. The Hall–Kier alpha value is -1.92. The van der Waals surface area contributed by atoms with Gasteiger partial charge in [0, 0.05) is 18.8 Å². The van der Waals surface area contributed by atoms with E-state index in [1.54, 1.807) is 12.1 Å². The number of nitrogens with one attached hydrogen (secondary N) is 1. The predicted molar refractivity (Wildman–Crippen MR) is 79.6 cm³/mol. The molecule has 2 rings (SSSR count). The monoisotopic (exact) mass is 309 g/mol. The summed E-state index contributed by atoms with van der Waals surface area (Å²) in [5, 5.41) is 12.4. The van der Waals surface area contributed by atoms with E-state index in [4.69, 9.17) is 16.7 Å². The van der Waals surface area contributed by atoms with Crippen LogP contribution in [0, 0.1) is 0 Å². The summed E-state index contributed by atoms with van der Waals surface area (Å²) in [5.41, 5.74) is 0.734. The van der Waals surface area contributed by atoms with E-state index in [0.29, 0.717) is 22.8 Å². The third kappa shape index (κ3) is 3.80. The Balaban J connectivity index is 2.21. The third-order valence-electron chi connectivity index (χ3n) is 3.08. The van der Waals surface area contributed by atoms with E-state index in [9.17, 15) is 9.59 Å².